The van der Waals surface area contributed by atoms with Gasteiger partial charge in [-0.05, 0) is 36.9 Å². The maximum Gasteiger partial charge on any atom is 0.131 e. The van der Waals surface area contributed by atoms with Crippen LogP contribution in [0.25, 0.3) is 10.8 Å². The van der Waals surface area contributed by atoms with Crippen LogP contribution < -0.4 is 10.6 Å². The fourth-order valence-corrected chi connectivity index (χ4v) is 3.15. The first-order valence-electron chi connectivity index (χ1n) is 7.31. The van der Waals surface area contributed by atoms with Crippen molar-refractivity contribution in [2.24, 2.45) is 0 Å². The van der Waals surface area contributed by atoms with Gasteiger partial charge in [-0.1, -0.05) is 54.1 Å². The molecule has 1 aliphatic heterocycles. The first-order chi connectivity index (χ1) is 10.2. The molecule has 0 bridgehead atoms. The van der Waals surface area contributed by atoms with E-state index in [2.05, 4.69) is 85.1 Å². The van der Waals surface area contributed by atoms with Crippen molar-refractivity contribution in [3.63, 3.8) is 0 Å². The van der Waals surface area contributed by atoms with E-state index in [-0.39, 0.29) is 5.66 Å². The van der Waals surface area contributed by atoms with Crippen molar-refractivity contribution in [2.45, 2.75) is 19.5 Å². The van der Waals surface area contributed by atoms with Gasteiger partial charge in [0, 0.05) is 16.8 Å². The van der Waals surface area contributed by atoms with Gasteiger partial charge >= 0.3 is 0 Å². The van der Waals surface area contributed by atoms with Crippen LogP contribution in [-0.4, -0.2) is 0 Å². The zero-order valence-corrected chi connectivity index (χ0v) is 12.3. The molecule has 0 aromatic heterocycles. The third-order valence-electron chi connectivity index (χ3n) is 4.30. The summed E-state index contributed by atoms with van der Waals surface area (Å²) in [6, 6.07) is 21.5. The molecule has 0 saturated carbocycles. The minimum atomic E-state index is -0.295. The highest BCUT2D eigenvalue weighted by atomic mass is 15.2. The summed E-state index contributed by atoms with van der Waals surface area (Å²) in [5.41, 5.74) is 4.59. The molecule has 0 saturated heterocycles. The predicted molar refractivity (Wildman–Crippen MR) is 89.7 cm³/mol. The number of hydrogen-bond acceptors (Lipinski definition) is 2. The van der Waals surface area contributed by atoms with E-state index >= 15 is 0 Å². The normalized spacial score (nSPS) is 15.3. The van der Waals surface area contributed by atoms with Crippen molar-refractivity contribution in [2.75, 3.05) is 10.6 Å². The first-order valence-corrected chi connectivity index (χ1v) is 7.31. The van der Waals surface area contributed by atoms with Gasteiger partial charge in [0.1, 0.15) is 5.66 Å². The Morgan fingerprint density at radius 2 is 1.33 bits per heavy atom. The average molecular weight is 274 g/mol. The van der Waals surface area contributed by atoms with Gasteiger partial charge in [0.2, 0.25) is 0 Å². The van der Waals surface area contributed by atoms with E-state index in [9.17, 15) is 0 Å². The number of rotatable bonds is 1. The molecule has 0 atom stereocenters. The van der Waals surface area contributed by atoms with Crippen LogP contribution in [0.1, 0.15) is 18.1 Å². The van der Waals surface area contributed by atoms with Crippen molar-refractivity contribution < 1.29 is 0 Å². The number of hydrogen-bond donors (Lipinski definition) is 2. The molecule has 1 heterocycles. The Kier molecular flexibility index (Phi) is 2.49. The molecule has 21 heavy (non-hydrogen) atoms. The van der Waals surface area contributed by atoms with E-state index in [4.69, 9.17) is 0 Å². The maximum atomic E-state index is 3.66. The first kappa shape index (κ1) is 12.3. The van der Waals surface area contributed by atoms with Crippen molar-refractivity contribution >= 4 is 22.1 Å². The third-order valence-corrected chi connectivity index (χ3v) is 4.30. The fourth-order valence-electron chi connectivity index (χ4n) is 3.15. The largest absolute Gasteiger partial charge is 0.359 e. The van der Waals surface area contributed by atoms with Gasteiger partial charge < -0.3 is 10.6 Å². The van der Waals surface area contributed by atoms with Crippen LogP contribution in [0.2, 0.25) is 0 Å². The predicted octanol–water partition coefficient (Wildman–Crippen LogP) is 4.86. The molecule has 104 valence electrons. The van der Waals surface area contributed by atoms with Crippen molar-refractivity contribution in [3.05, 3.63) is 71.8 Å². The Morgan fingerprint density at radius 1 is 0.762 bits per heavy atom. The second-order valence-electron chi connectivity index (χ2n) is 5.95. The monoisotopic (exact) mass is 274 g/mol. The van der Waals surface area contributed by atoms with Crippen LogP contribution >= 0.6 is 0 Å². The molecule has 0 radical (unpaired) electrons. The summed E-state index contributed by atoms with van der Waals surface area (Å²) in [5.74, 6) is 0. The van der Waals surface area contributed by atoms with Crippen LogP contribution in [0.5, 0.6) is 0 Å². The summed E-state index contributed by atoms with van der Waals surface area (Å²) in [5, 5.41) is 9.85. The maximum absolute atomic E-state index is 3.66. The quantitative estimate of drug-likeness (QED) is 0.662. The fraction of sp³-hybridized carbons (Fsp3) is 0.158. The highest BCUT2D eigenvalue weighted by Gasteiger charge is 2.31. The molecule has 3 aromatic carbocycles. The van der Waals surface area contributed by atoms with Gasteiger partial charge in [-0.3, -0.25) is 0 Å². The number of benzene rings is 3. The number of nitrogens with one attached hydrogen (secondary N) is 2. The SMILES string of the molecule is Cc1ccc(C2(C)Nc3cccc4cccc(c34)N2)cc1. The summed E-state index contributed by atoms with van der Waals surface area (Å²) in [6.07, 6.45) is 0. The average Bonchev–Trinajstić information content (AvgIpc) is 2.48. The molecule has 2 nitrogen and oxygen atoms in total. The Bertz CT molecular complexity index is 778. The lowest BCUT2D eigenvalue weighted by atomic mass is 9.94. The highest BCUT2D eigenvalue weighted by molar-refractivity contribution is 6.05. The van der Waals surface area contributed by atoms with Crippen molar-refractivity contribution in [1.29, 1.82) is 0 Å². The lowest BCUT2D eigenvalue weighted by molar-refractivity contribution is 0.625. The van der Waals surface area contributed by atoms with E-state index in [0.29, 0.717) is 0 Å². The molecule has 0 aliphatic carbocycles. The van der Waals surface area contributed by atoms with Crippen molar-refractivity contribution in [3.8, 4) is 0 Å². The molecule has 2 N–H and O–H groups in total. The van der Waals surface area contributed by atoms with E-state index in [1.807, 2.05) is 0 Å². The second-order valence-corrected chi connectivity index (χ2v) is 5.95. The Balaban J connectivity index is 1.87. The molecule has 2 heteroatoms. The van der Waals surface area contributed by atoms with Crippen LogP contribution in [0.4, 0.5) is 11.4 Å². The lowest BCUT2D eigenvalue weighted by Gasteiger charge is -2.39. The molecule has 3 aromatic rings. The van der Waals surface area contributed by atoms with Gasteiger partial charge in [0.05, 0.1) is 0 Å². The topological polar surface area (TPSA) is 24.1 Å². The third kappa shape index (κ3) is 1.87. The van der Waals surface area contributed by atoms with Gasteiger partial charge in [0.25, 0.3) is 0 Å². The second kappa shape index (κ2) is 4.26. The summed E-state index contributed by atoms with van der Waals surface area (Å²) in [4.78, 5) is 0. The molecule has 1 aliphatic rings. The van der Waals surface area contributed by atoms with Crippen LogP contribution in [0.15, 0.2) is 60.7 Å². The van der Waals surface area contributed by atoms with Gasteiger partial charge in [-0.15, -0.1) is 0 Å². The minimum absolute atomic E-state index is 0.295. The molecular weight excluding hydrogens is 256 g/mol. The standard InChI is InChI=1S/C19H18N2/c1-13-9-11-15(12-10-13)19(2)20-16-7-3-5-14-6-4-8-17(21-19)18(14)16/h3-12,20-21H,1-2H3. The molecule has 4 rings (SSSR count). The molecule has 0 amide bonds. The van der Waals surface area contributed by atoms with E-state index in [1.54, 1.807) is 0 Å². The summed E-state index contributed by atoms with van der Waals surface area (Å²) in [7, 11) is 0. The van der Waals surface area contributed by atoms with Gasteiger partial charge in [-0.25, -0.2) is 0 Å². The van der Waals surface area contributed by atoms with Crippen LogP contribution in [0, 0.1) is 6.92 Å². The highest BCUT2D eigenvalue weighted by Crippen LogP contribution is 2.40. The van der Waals surface area contributed by atoms with Crippen molar-refractivity contribution in [1.82, 2.24) is 0 Å². The zero-order valence-electron chi connectivity index (χ0n) is 12.3. The molecule has 0 spiro atoms. The Labute approximate surface area is 124 Å². The summed E-state index contributed by atoms with van der Waals surface area (Å²) >= 11 is 0. The Hall–Kier alpha value is -2.48. The van der Waals surface area contributed by atoms with Crippen LogP contribution in [0.3, 0.4) is 0 Å². The summed E-state index contributed by atoms with van der Waals surface area (Å²) in [6.45, 7) is 4.30. The van der Waals surface area contributed by atoms with E-state index < -0.39 is 0 Å². The minimum Gasteiger partial charge on any atom is -0.359 e. The zero-order chi connectivity index (χ0) is 14.4. The van der Waals surface area contributed by atoms with E-state index in [1.165, 1.54) is 33.3 Å². The molecule has 0 fully saturated rings. The number of aryl methyl sites for hydroxylation is 1. The van der Waals surface area contributed by atoms with Gasteiger partial charge in [0.15, 0.2) is 0 Å². The lowest BCUT2D eigenvalue weighted by Crippen LogP contribution is -2.42. The summed E-state index contributed by atoms with van der Waals surface area (Å²) < 4.78 is 0. The molecular formula is C19H18N2. The van der Waals surface area contributed by atoms with Crippen LogP contribution in [-0.2, 0) is 5.66 Å². The Morgan fingerprint density at radius 3 is 1.90 bits per heavy atom. The number of anilines is 2. The van der Waals surface area contributed by atoms with E-state index in [0.717, 1.165) is 0 Å². The van der Waals surface area contributed by atoms with Gasteiger partial charge in [-0.2, -0.15) is 0 Å². The smallest absolute Gasteiger partial charge is 0.131 e. The molecule has 0 unspecified atom stereocenters.